The van der Waals surface area contributed by atoms with Gasteiger partial charge >= 0.3 is 5.97 Å². The highest BCUT2D eigenvalue weighted by Crippen LogP contribution is 2.45. The highest BCUT2D eigenvalue weighted by Gasteiger charge is 2.34. The number of thiazole rings is 1. The molecule has 3 aromatic rings. The van der Waals surface area contributed by atoms with Crippen LogP contribution in [0.4, 0.5) is 4.39 Å². The molecule has 0 saturated heterocycles. The van der Waals surface area contributed by atoms with Gasteiger partial charge in [-0.05, 0) is 51.0 Å². The van der Waals surface area contributed by atoms with Crippen LogP contribution in [0.5, 0.6) is 0 Å². The van der Waals surface area contributed by atoms with Crippen molar-refractivity contribution in [2.45, 2.75) is 59.2 Å². The van der Waals surface area contributed by atoms with E-state index in [1.165, 1.54) is 11.3 Å². The van der Waals surface area contributed by atoms with Gasteiger partial charge in [-0.2, -0.15) is 0 Å². The van der Waals surface area contributed by atoms with Crippen LogP contribution in [-0.2, 0) is 9.53 Å². The third-order valence-electron chi connectivity index (χ3n) is 4.67. The van der Waals surface area contributed by atoms with Crippen molar-refractivity contribution in [3.8, 4) is 11.1 Å². The Morgan fingerprint density at radius 3 is 2.33 bits per heavy atom. The van der Waals surface area contributed by atoms with Crippen LogP contribution >= 0.6 is 22.9 Å². The van der Waals surface area contributed by atoms with Gasteiger partial charge in [0.1, 0.15) is 5.52 Å². The molecule has 1 heterocycles. The van der Waals surface area contributed by atoms with Crippen molar-refractivity contribution >= 4 is 39.1 Å². The van der Waals surface area contributed by atoms with Gasteiger partial charge in [0.15, 0.2) is 11.9 Å². The number of aromatic nitrogens is 1. The van der Waals surface area contributed by atoms with Crippen molar-refractivity contribution in [3.05, 3.63) is 51.2 Å². The summed E-state index contributed by atoms with van der Waals surface area (Å²) in [5.74, 6) is -1.56. The lowest BCUT2D eigenvalue weighted by Crippen LogP contribution is -2.28. The zero-order valence-corrected chi connectivity index (χ0v) is 19.4. The van der Waals surface area contributed by atoms with E-state index in [1.807, 2.05) is 26.0 Å². The van der Waals surface area contributed by atoms with E-state index in [-0.39, 0.29) is 17.0 Å². The maximum atomic E-state index is 15.4. The number of nitrogens with zero attached hydrogens (tertiary/aromatic N) is 1. The minimum atomic E-state index is -1.33. The largest absolute Gasteiger partial charge is 0.479 e. The van der Waals surface area contributed by atoms with Crippen LogP contribution in [0.1, 0.15) is 62.8 Å². The van der Waals surface area contributed by atoms with Crippen molar-refractivity contribution in [3.63, 3.8) is 0 Å². The van der Waals surface area contributed by atoms with Crippen LogP contribution in [0, 0.1) is 12.7 Å². The molecule has 1 N–H and O–H groups in total. The van der Waals surface area contributed by atoms with Crippen LogP contribution in [0.15, 0.2) is 24.3 Å². The van der Waals surface area contributed by atoms with Gasteiger partial charge in [-0.25, -0.2) is 14.2 Å². The Bertz CT molecular complexity index is 1100. The maximum absolute atomic E-state index is 15.4. The van der Waals surface area contributed by atoms with Gasteiger partial charge in [0.05, 0.1) is 15.3 Å². The zero-order chi connectivity index (χ0) is 22.4. The Morgan fingerprint density at radius 1 is 1.23 bits per heavy atom. The summed E-state index contributed by atoms with van der Waals surface area (Å²) in [6.45, 7) is 10.9. The molecule has 1 aromatic heterocycles. The fraction of sp³-hybridized carbons (Fsp3) is 0.391. The molecular weight excluding hydrogens is 425 g/mol. The number of aliphatic carboxylic acids is 1. The predicted molar refractivity (Wildman–Crippen MR) is 120 cm³/mol. The molecule has 1 atom stereocenters. The van der Waals surface area contributed by atoms with Crippen molar-refractivity contribution in [1.29, 1.82) is 0 Å². The molecule has 4 nitrogen and oxygen atoms in total. The van der Waals surface area contributed by atoms with Crippen LogP contribution in [0.2, 0.25) is 5.02 Å². The highest BCUT2D eigenvalue weighted by atomic mass is 35.5. The van der Waals surface area contributed by atoms with Crippen molar-refractivity contribution in [2.24, 2.45) is 0 Å². The molecule has 0 fully saturated rings. The smallest absolute Gasteiger partial charge is 0.337 e. The average Bonchev–Trinajstić information content (AvgIpc) is 3.08. The molecule has 0 spiro atoms. The molecule has 0 aliphatic heterocycles. The Hall–Kier alpha value is -2.02. The number of fused-ring (bicyclic) bond motifs is 1. The Morgan fingerprint density at radius 2 is 1.83 bits per heavy atom. The number of hydrogen-bond donors (Lipinski definition) is 1. The first-order chi connectivity index (χ1) is 13.9. The first-order valence-corrected chi connectivity index (χ1v) is 10.9. The minimum Gasteiger partial charge on any atom is -0.479 e. The molecule has 0 saturated carbocycles. The van der Waals surface area contributed by atoms with E-state index in [4.69, 9.17) is 16.3 Å². The number of halogens is 2. The fourth-order valence-corrected chi connectivity index (χ4v) is 4.59. The number of carboxylic acids is 1. The van der Waals surface area contributed by atoms with E-state index in [2.05, 4.69) is 4.98 Å². The van der Waals surface area contributed by atoms with Gasteiger partial charge in [0, 0.05) is 22.1 Å². The van der Waals surface area contributed by atoms with E-state index < -0.39 is 23.5 Å². The summed E-state index contributed by atoms with van der Waals surface area (Å²) in [6.07, 6.45) is -1.33. The fourth-order valence-electron chi connectivity index (χ4n) is 3.32. The summed E-state index contributed by atoms with van der Waals surface area (Å²) in [5.41, 5.74) is 1.42. The quantitative estimate of drug-likeness (QED) is 0.450. The summed E-state index contributed by atoms with van der Waals surface area (Å²) < 4.78 is 21.9. The maximum Gasteiger partial charge on any atom is 0.337 e. The van der Waals surface area contributed by atoms with Gasteiger partial charge in [0.2, 0.25) is 0 Å². The lowest BCUT2D eigenvalue weighted by molar-refractivity contribution is -0.160. The highest BCUT2D eigenvalue weighted by molar-refractivity contribution is 7.19. The lowest BCUT2D eigenvalue weighted by Gasteiger charge is -2.28. The van der Waals surface area contributed by atoms with Crippen LogP contribution in [-0.4, -0.2) is 21.7 Å². The van der Waals surface area contributed by atoms with Crippen molar-refractivity contribution < 1.29 is 19.0 Å². The van der Waals surface area contributed by atoms with E-state index in [0.717, 1.165) is 10.6 Å². The van der Waals surface area contributed by atoms with Gasteiger partial charge in [0.25, 0.3) is 0 Å². The Balaban J connectivity index is 2.45. The molecule has 3 rings (SSSR count). The average molecular weight is 450 g/mol. The molecule has 30 heavy (non-hydrogen) atoms. The van der Waals surface area contributed by atoms with Gasteiger partial charge in [-0.15, -0.1) is 11.3 Å². The molecule has 160 valence electrons. The standard InChI is InChI=1S/C23H25ClFNO3S/c1-11(2)21-26-18-17(25)12(3)15(19(22(27)28)29-23(4,5)6)16(20(18)30-21)13-7-9-14(24)10-8-13/h7-11,19H,1-6H3,(H,27,28). The number of ether oxygens (including phenoxy) is 1. The topological polar surface area (TPSA) is 59.4 Å². The van der Waals surface area contributed by atoms with Gasteiger partial charge < -0.3 is 9.84 Å². The molecule has 0 aliphatic carbocycles. The van der Waals surface area contributed by atoms with Crippen LogP contribution in [0.25, 0.3) is 21.3 Å². The number of benzene rings is 2. The molecular formula is C23H25ClFNO3S. The van der Waals surface area contributed by atoms with Gasteiger partial charge in [-0.1, -0.05) is 37.6 Å². The zero-order valence-electron chi connectivity index (χ0n) is 17.8. The van der Waals surface area contributed by atoms with Crippen LogP contribution < -0.4 is 0 Å². The first-order valence-electron chi connectivity index (χ1n) is 9.69. The predicted octanol–water partition coefficient (Wildman–Crippen LogP) is 7.13. The second kappa shape index (κ2) is 8.25. The van der Waals surface area contributed by atoms with Gasteiger partial charge in [-0.3, -0.25) is 0 Å². The summed E-state index contributed by atoms with van der Waals surface area (Å²) in [4.78, 5) is 16.8. The van der Waals surface area contributed by atoms with E-state index in [9.17, 15) is 9.90 Å². The number of carboxylic acid groups (broad SMARTS) is 1. The summed E-state index contributed by atoms with van der Waals surface area (Å²) in [7, 11) is 0. The number of carbonyl (C=O) groups is 1. The lowest BCUT2D eigenvalue weighted by atomic mass is 9.91. The normalized spacial score (nSPS) is 13.2. The molecule has 0 radical (unpaired) electrons. The molecule has 0 aliphatic rings. The van der Waals surface area contributed by atoms with E-state index in [1.54, 1.807) is 39.8 Å². The molecule has 2 aromatic carbocycles. The molecule has 0 bridgehead atoms. The molecule has 0 amide bonds. The monoisotopic (exact) mass is 449 g/mol. The number of rotatable bonds is 5. The van der Waals surface area contributed by atoms with Crippen molar-refractivity contribution in [2.75, 3.05) is 0 Å². The second-order valence-electron chi connectivity index (χ2n) is 8.57. The Labute approximate surface area is 184 Å². The third-order valence-corrected chi connectivity index (χ3v) is 6.29. The van der Waals surface area contributed by atoms with Crippen molar-refractivity contribution in [1.82, 2.24) is 4.98 Å². The molecule has 1 unspecified atom stereocenters. The Kier molecular flexibility index (Phi) is 6.23. The SMILES string of the molecule is Cc1c(C(OC(C)(C)C)C(=O)O)c(-c2ccc(Cl)cc2)c2sc(C(C)C)nc2c1F. The minimum absolute atomic E-state index is 0.115. The van der Waals surface area contributed by atoms with E-state index >= 15 is 4.39 Å². The third kappa shape index (κ3) is 4.36. The summed E-state index contributed by atoms with van der Waals surface area (Å²) in [5, 5.41) is 11.4. The first kappa shape index (κ1) is 22.7. The van der Waals surface area contributed by atoms with E-state index in [0.29, 0.717) is 20.8 Å². The van der Waals surface area contributed by atoms with Crippen LogP contribution in [0.3, 0.4) is 0 Å². The summed E-state index contributed by atoms with van der Waals surface area (Å²) >= 11 is 7.45. The summed E-state index contributed by atoms with van der Waals surface area (Å²) in [6, 6.07) is 7.08. The number of hydrogen-bond acceptors (Lipinski definition) is 4. The second-order valence-corrected chi connectivity index (χ2v) is 10.0. The molecule has 7 heteroatoms.